The van der Waals surface area contributed by atoms with Crippen LogP contribution in [0, 0.1) is 0 Å². The first kappa shape index (κ1) is 18.3. The Morgan fingerprint density at radius 1 is 1.30 bits per heavy atom. The van der Waals surface area contributed by atoms with Crippen LogP contribution in [0.3, 0.4) is 0 Å². The first-order chi connectivity index (χ1) is 13.2. The van der Waals surface area contributed by atoms with Crippen LogP contribution in [-0.4, -0.2) is 24.8 Å². The smallest absolute Gasteiger partial charge is 0.251 e. The molecule has 1 aromatic carbocycles. The fourth-order valence-corrected chi connectivity index (χ4v) is 3.91. The fraction of sp³-hybridized carbons (Fsp3) is 0.409. The molecule has 1 saturated heterocycles. The lowest BCUT2D eigenvalue weighted by atomic mass is 9.98. The van der Waals surface area contributed by atoms with Gasteiger partial charge in [0.25, 0.3) is 5.56 Å². The van der Waals surface area contributed by atoms with E-state index in [0.717, 1.165) is 61.1 Å². The highest BCUT2D eigenvalue weighted by molar-refractivity contribution is 6.32. The summed E-state index contributed by atoms with van der Waals surface area (Å²) in [4.78, 5) is 15.6. The Bertz CT molecular complexity index is 908. The van der Waals surface area contributed by atoms with Crippen LogP contribution in [0.5, 0.6) is 5.75 Å². The molecule has 2 aromatic rings. The third kappa shape index (κ3) is 4.12. The maximum Gasteiger partial charge on any atom is 0.251 e. The van der Waals surface area contributed by atoms with Gasteiger partial charge in [-0.3, -0.25) is 4.79 Å². The monoisotopic (exact) mass is 385 g/mol. The Morgan fingerprint density at radius 3 is 2.78 bits per heavy atom. The first-order valence-corrected chi connectivity index (χ1v) is 9.93. The molecule has 0 amide bonds. The molecule has 1 atom stereocenters. The Kier molecular flexibility index (Phi) is 5.37. The summed E-state index contributed by atoms with van der Waals surface area (Å²) >= 11 is 6.35. The standard InChI is InChI=1S/C22H24ClNO3/c1-26-21-11-6-15(13-19(21)23)17(8-7-16-3-2-12-27-16)20-10-9-18(14-4-5-14)22(25)24-20/h6,8-11,13-14,16H,2-5,7,12H2,1H3,(H,24,25)/b17-8-. The van der Waals surface area contributed by atoms with E-state index in [9.17, 15) is 4.79 Å². The lowest BCUT2D eigenvalue weighted by Crippen LogP contribution is -2.13. The lowest BCUT2D eigenvalue weighted by Gasteiger charge is -2.13. The van der Waals surface area contributed by atoms with Gasteiger partial charge in [0.1, 0.15) is 5.75 Å². The maximum absolute atomic E-state index is 12.5. The molecule has 0 radical (unpaired) electrons. The number of pyridine rings is 1. The number of ether oxygens (including phenoxy) is 2. The molecule has 1 unspecified atom stereocenters. The summed E-state index contributed by atoms with van der Waals surface area (Å²) in [5.74, 6) is 1.06. The minimum Gasteiger partial charge on any atom is -0.495 e. The van der Waals surface area contributed by atoms with Crippen molar-refractivity contribution in [3.63, 3.8) is 0 Å². The highest BCUT2D eigenvalue weighted by Crippen LogP contribution is 2.38. The number of methoxy groups -OCH3 is 1. The largest absolute Gasteiger partial charge is 0.495 e. The number of rotatable bonds is 6. The molecule has 0 spiro atoms. The van der Waals surface area contributed by atoms with Gasteiger partial charge in [-0.1, -0.05) is 29.8 Å². The molecule has 27 heavy (non-hydrogen) atoms. The van der Waals surface area contributed by atoms with E-state index in [-0.39, 0.29) is 11.7 Å². The zero-order valence-electron chi connectivity index (χ0n) is 15.5. The van der Waals surface area contributed by atoms with E-state index in [1.807, 2.05) is 30.3 Å². The number of H-pyrrole nitrogens is 1. The Hall–Kier alpha value is -2.04. The second-order valence-corrected chi connectivity index (χ2v) is 7.68. The summed E-state index contributed by atoms with van der Waals surface area (Å²) in [6, 6.07) is 9.69. The number of hydrogen-bond acceptors (Lipinski definition) is 3. The van der Waals surface area contributed by atoms with Gasteiger partial charge in [-0.05, 0) is 61.8 Å². The van der Waals surface area contributed by atoms with Crippen molar-refractivity contribution < 1.29 is 9.47 Å². The molecule has 1 saturated carbocycles. The maximum atomic E-state index is 12.5. The van der Waals surface area contributed by atoms with Crippen LogP contribution in [0.15, 0.2) is 41.2 Å². The van der Waals surface area contributed by atoms with Crippen LogP contribution >= 0.6 is 11.6 Å². The van der Waals surface area contributed by atoms with E-state index >= 15 is 0 Å². The van der Waals surface area contributed by atoms with Crippen LogP contribution in [0.4, 0.5) is 0 Å². The summed E-state index contributed by atoms with van der Waals surface area (Å²) in [5, 5.41) is 0.551. The molecule has 2 aliphatic rings. The van der Waals surface area contributed by atoms with Crippen molar-refractivity contribution in [1.29, 1.82) is 0 Å². The highest BCUT2D eigenvalue weighted by Gasteiger charge is 2.26. The van der Waals surface area contributed by atoms with Crippen molar-refractivity contribution in [2.75, 3.05) is 13.7 Å². The molecule has 4 nitrogen and oxygen atoms in total. The molecule has 1 aromatic heterocycles. The van der Waals surface area contributed by atoms with Crippen LogP contribution in [0.2, 0.25) is 5.02 Å². The zero-order valence-corrected chi connectivity index (χ0v) is 16.2. The Balaban J connectivity index is 1.71. The Labute approximate surface area is 164 Å². The molecule has 1 aliphatic heterocycles. The zero-order chi connectivity index (χ0) is 18.8. The van der Waals surface area contributed by atoms with Crippen molar-refractivity contribution in [2.24, 2.45) is 0 Å². The average molecular weight is 386 g/mol. The van der Waals surface area contributed by atoms with Crippen LogP contribution in [0.25, 0.3) is 5.57 Å². The Morgan fingerprint density at radius 2 is 2.15 bits per heavy atom. The summed E-state index contributed by atoms with van der Waals surface area (Å²) in [6.07, 6.45) is 7.60. The van der Waals surface area contributed by atoms with Gasteiger partial charge in [-0.2, -0.15) is 0 Å². The number of benzene rings is 1. The van der Waals surface area contributed by atoms with Crippen molar-refractivity contribution in [1.82, 2.24) is 4.98 Å². The number of hydrogen-bond donors (Lipinski definition) is 1. The van der Waals surface area contributed by atoms with Crippen molar-refractivity contribution in [3.8, 4) is 5.75 Å². The third-order valence-electron chi connectivity index (χ3n) is 5.32. The van der Waals surface area contributed by atoms with Crippen LogP contribution < -0.4 is 10.3 Å². The van der Waals surface area contributed by atoms with E-state index in [4.69, 9.17) is 21.1 Å². The predicted octanol–water partition coefficient (Wildman–Crippen LogP) is 4.92. The molecule has 1 aliphatic carbocycles. The number of nitrogens with one attached hydrogen (secondary N) is 1. The van der Waals surface area contributed by atoms with Crippen LogP contribution in [0.1, 0.15) is 54.8 Å². The molecule has 4 rings (SSSR count). The van der Waals surface area contributed by atoms with Gasteiger partial charge in [-0.15, -0.1) is 0 Å². The number of aromatic nitrogens is 1. The second kappa shape index (κ2) is 7.91. The SMILES string of the molecule is COc1ccc(/C(=C/CC2CCCO2)c2ccc(C3CC3)c(=O)[nH]2)cc1Cl. The number of aromatic amines is 1. The van der Waals surface area contributed by atoms with E-state index in [2.05, 4.69) is 11.1 Å². The molecular formula is C22H24ClNO3. The molecule has 2 fully saturated rings. The summed E-state index contributed by atoms with van der Waals surface area (Å²) in [6.45, 7) is 0.828. The van der Waals surface area contributed by atoms with Gasteiger partial charge < -0.3 is 14.5 Å². The van der Waals surface area contributed by atoms with E-state index < -0.39 is 0 Å². The second-order valence-electron chi connectivity index (χ2n) is 7.27. The van der Waals surface area contributed by atoms with Gasteiger partial charge in [0.05, 0.1) is 18.2 Å². The van der Waals surface area contributed by atoms with Gasteiger partial charge >= 0.3 is 0 Å². The van der Waals surface area contributed by atoms with Crippen molar-refractivity contribution >= 4 is 17.2 Å². The summed E-state index contributed by atoms with van der Waals surface area (Å²) in [7, 11) is 1.60. The van der Waals surface area contributed by atoms with E-state index in [0.29, 0.717) is 16.7 Å². The lowest BCUT2D eigenvalue weighted by molar-refractivity contribution is 0.113. The topological polar surface area (TPSA) is 51.3 Å². The summed E-state index contributed by atoms with van der Waals surface area (Å²) < 4.78 is 11.0. The van der Waals surface area contributed by atoms with Gasteiger partial charge in [0.2, 0.25) is 0 Å². The fourth-order valence-electron chi connectivity index (χ4n) is 3.65. The number of halogens is 1. The van der Waals surface area contributed by atoms with Crippen molar-refractivity contribution in [2.45, 2.75) is 44.1 Å². The average Bonchev–Trinajstić information content (AvgIpc) is 3.37. The molecular weight excluding hydrogens is 362 g/mol. The van der Waals surface area contributed by atoms with E-state index in [1.165, 1.54) is 0 Å². The van der Waals surface area contributed by atoms with Gasteiger partial charge in [0.15, 0.2) is 0 Å². The molecule has 142 valence electrons. The molecule has 5 heteroatoms. The normalized spacial score (nSPS) is 20.1. The minimum absolute atomic E-state index is 0.0117. The minimum atomic E-state index is 0.0117. The molecule has 1 N–H and O–H groups in total. The highest BCUT2D eigenvalue weighted by atomic mass is 35.5. The third-order valence-corrected chi connectivity index (χ3v) is 5.61. The van der Waals surface area contributed by atoms with Crippen LogP contribution in [-0.2, 0) is 4.74 Å². The molecule has 2 heterocycles. The molecule has 0 bridgehead atoms. The van der Waals surface area contributed by atoms with Crippen molar-refractivity contribution in [3.05, 3.63) is 68.6 Å². The van der Waals surface area contributed by atoms with Gasteiger partial charge in [0, 0.05) is 23.4 Å². The first-order valence-electron chi connectivity index (χ1n) is 9.55. The van der Waals surface area contributed by atoms with Gasteiger partial charge in [-0.25, -0.2) is 0 Å². The van der Waals surface area contributed by atoms with E-state index in [1.54, 1.807) is 7.11 Å². The predicted molar refractivity (Wildman–Crippen MR) is 108 cm³/mol. The quantitative estimate of drug-likeness (QED) is 0.768. The summed E-state index contributed by atoms with van der Waals surface area (Å²) in [5.41, 5.74) is 3.63.